The molecule has 10 heavy (non-hydrogen) atoms. The van der Waals surface area contributed by atoms with Crippen molar-refractivity contribution in [3.05, 3.63) is 12.4 Å². The fourth-order valence-corrected chi connectivity index (χ4v) is 0.564. The maximum absolute atomic E-state index is 4.03. The van der Waals surface area contributed by atoms with Crippen molar-refractivity contribution in [3.63, 3.8) is 0 Å². The molecule has 4 heteroatoms. The first-order valence-corrected chi connectivity index (χ1v) is 3.14. The molecule has 0 spiro atoms. The monoisotopic (exact) mass is 138 g/mol. The van der Waals surface area contributed by atoms with Crippen LogP contribution in [0.25, 0.3) is 0 Å². The molecule has 0 atom stereocenters. The number of amidine groups is 1. The largest absolute Gasteiger partial charge is 0.243 e. The summed E-state index contributed by atoms with van der Waals surface area (Å²) in [6.45, 7) is 7.62. The minimum atomic E-state index is 0.308. The second-order valence-electron chi connectivity index (χ2n) is 2.38. The highest BCUT2D eigenvalue weighted by molar-refractivity contribution is 5.85. The third-order valence-electron chi connectivity index (χ3n) is 1.10. The second-order valence-corrected chi connectivity index (χ2v) is 2.38. The number of rotatable bonds is 1. The molecule has 1 aliphatic rings. The van der Waals surface area contributed by atoms with E-state index in [9.17, 15) is 0 Å². The summed E-state index contributed by atoms with van der Waals surface area (Å²) in [5.74, 6) is 1.59. The smallest absolute Gasteiger partial charge is 0.157 e. The SMILES string of the molecule is C=C1N=C(C(C)C)N=NN1. The molecule has 0 radical (unpaired) electrons. The Morgan fingerprint density at radius 1 is 1.50 bits per heavy atom. The van der Waals surface area contributed by atoms with Crippen molar-refractivity contribution in [2.75, 3.05) is 0 Å². The summed E-state index contributed by atoms with van der Waals surface area (Å²) in [7, 11) is 0. The quantitative estimate of drug-likeness (QED) is 0.586. The Bertz CT molecular complexity index is 202. The van der Waals surface area contributed by atoms with Crippen LogP contribution >= 0.6 is 0 Å². The Morgan fingerprint density at radius 2 is 2.20 bits per heavy atom. The highest BCUT2D eigenvalue weighted by atomic mass is 15.5. The number of nitrogens with zero attached hydrogens (tertiary/aromatic N) is 3. The molecule has 0 aromatic heterocycles. The predicted molar refractivity (Wildman–Crippen MR) is 39.4 cm³/mol. The molecule has 1 rings (SSSR count). The van der Waals surface area contributed by atoms with Crippen LogP contribution in [-0.4, -0.2) is 5.84 Å². The Balaban J connectivity index is 2.76. The summed E-state index contributed by atoms with van der Waals surface area (Å²) in [6.07, 6.45) is 0. The molecule has 0 fully saturated rings. The number of nitrogens with one attached hydrogen (secondary N) is 1. The van der Waals surface area contributed by atoms with Gasteiger partial charge in [-0.05, 0) is 0 Å². The maximum Gasteiger partial charge on any atom is 0.157 e. The molecule has 1 heterocycles. The van der Waals surface area contributed by atoms with E-state index in [4.69, 9.17) is 0 Å². The van der Waals surface area contributed by atoms with Crippen LogP contribution in [0.15, 0.2) is 27.7 Å². The van der Waals surface area contributed by atoms with E-state index < -0.39 is 0 Å². The van der Waals surface area contributed by atoms with Gasteiger partial charge in [0.1, 0.15) is 5.82 Å². The van der Waals surface area contributed by atoms with Gasteiger partial charge >= 0.3 is 0 Å². The van der Waals surface area contributed by atoms with Gasteiger partial charge in [0.15, 0.2) is 5.84 Å². The zero-order valence-corrected chi connectivity index (χ0v) is 6.13. The van der Waals surface area contributed by atoms with E-state index in [0.717, 1.165) is 5.84 Å². The molecule has 0 bridgehead atoms. The minimum absolute atomic E-state index is 0.308. The van der Waals surface area contributed by atoms with Crippen molar-refractivity contribution in [2.24, 2.45) is 21.2 Å². The molecular weight excluding hydrogens is 128 g/mol. The van der Waals surface area contributed by atoms with E-state index in [0.29, 0.717) is 11.7 Å². The molecule has 0 aromatic rings. The lowest BCUT2D eigenvalue weighted by atomic mass is 10.2. The Morgan fingerprint density at radius 3 is 2.60 bits per heavy atom. The molecule has 1 N–H and O–H groups in total. The van der Waals surface area contributed by atoms with Crippen molar-refractivity contribution in [2.45, 2.75) is 13.8 Å². The number of aliphatic imine (C=N–C) groups is 1. The van der Waals surface area contributed by atoms with Crippen LogP contribution in [0.4, 0.5) is 0 Å². The van der Waals surface area contributed by atoms with Crippen LogP contribution in [0, 0.1) is 5.92 Å². The standard InChI is InChI=1S/C6H10N4/c1-4(2)6-7-5(3)8-10-9-6/h4H,3H2,1-2H3,(H,7,8,9). The average Bonchev–Trinajstić information content (AvgIpc) is 1.88. The highest BCUT2D eigenvalue weighted by Gasteiger charge is 2.07. The Kier molecular flexibility index (Phi) is 1.80. The zero-order chi connectivity index (χ0) is 7.56. The molecule has 0 saturated carbocycles. The van der Waals surface area contributed by atoms with Gasteiger partial charge in [0.2, 0.25) is 0 Å². The third kappa shape index (κ3) is 1.40. The highest BCUT2D eigenvalue weighted by Crippen LogP contribution is 2.05. The third-order valence-corrected chi connectivity index (χ3v) is 1.10. The lowest BCUT2D eigenvalue weighted by Crippen LogP contribution is -2.14. The number of hydrogen-bond acceptors (Lipinski definition) is 4. The van der Waals surface area contributed by atoms with Gasteiger partial charge in [0.25, 0.3) is 0 Å². The van der Waals surface area contributed by atoms with Crippen LogP contribution in [0.3, 0.4) is 0 Å². The van der Waals surface area contributed by atoms with E-state index in [1.165, 1.54) is 0 Å². The molecular formula is C6H10N4. The van der Waals surface area contributed by atoms with E-state index in [1.54, 1.807) is 0 Å². The molecule has 0 aromatic carbocycles. The Hall–Kier alpha value is -1.19. The first-order valence-electron chi connectivity index (χ1n) is 3.14. The van der Waals surface area contributed by atoms with Gasteiger partial charge in [-0.25, -0.2) is 10.4 Å². The lowest BCUT2D eigenvalue weighted by molar-refractivity contribution is 0.748. The number of hydrogen-bond donors (Lipinski definition) is 1. The summed E-state index contributed by atoms with van der Waals surface area (Å²) in [6, 6.07) is 0. The van der Waals surface area contributed by atoms with Crippen LogP contribution < -0.4 is 5.43 Å². The van der Waals surface area contributed by atoms with Gasteiger partial charge in [-0.3, -0.25) is 0 Å². The van der Waals surface area contributed by atoms with Crippen LogP contribution in [0.5, 0.6) is 0 Å². The van der Waals surface area contributed by atoms with Crippen molar-refractivity contribution in [1.29, 1.82) is 0 Å². The van der Waals surface area contributed by atoms with Gasteiger partial charge in [-0.2, -0.15) is 0 Å². The molecule has 54 valence electrons. The molecule has 0 saturated heterocycles. The van der Waals surface area contributed by atoms with Gasteiger partial charge in [-0.15, -0.1) is 5.11 Å². The molecule has 0 unspecified atom stereocenters. The van der Waals surface area contributed by atoms with E-state index in [-0.39, 0.29) is 0 Å². The Labute approximate surface area is 59.7 Å². The maximum atomic E-state index is 4.03. The van der Waals surface area contributed by atoms with Gasteiger partial charge in [0, 0.05) is 5.92 Å². The van der Waals surface area contributed by atoms with Crippen LogP contribution in [-0.2, 0) is 0 Å². The normalized spacial score (nSPS) is 17.1. The minimum Gasteiger partial charge on any atom is -0.243 e. The first kappa shape index (κ1) is 6.92. The lowest BCUT2D eigenvalue weighted by Gasteiger charge is -2.08. The topological polar surface area (TPSA) is 49.1 Å². The summed E-state index contributed by atoms with van der Waals surface area (Å²) in [4.78, 5) is 4.03. The van der Waals surface area contributed by atoms with E-state index in [1.807, 2.05) is 13.8 Å². The molecule has 0 aliphatic carbocycles. The van der Waals surface area contributed by atoms with Gasteiger partial charge in [0.05, 0.1) is 0 Å². The van der Waals surface area contributed by atoms with E-state index in [2.05, 4.69) is 27.3 Å². The summed E-state index contributed by atoms with van der Waals surface area (Å²) < 4.78 is 0. The van der Waals surface area contributed by atoms with E-state index >= 15 is 0 Å². The molecule has 0 amide bonds. The van der Waals surface area contributed by atoms with Crippen LogP contribution in [0.2, 0.25) is 0 Å². The van der Waals surface area contributed by atoms with Gasteiger partial charge in [-0.1, -0.05) is 25.6 Å². The second kappa shape index (κ2) is 2.60. The first-order chi connectivity index (χ1) is 4.70. The van der Waals surface area contributed by atoms with Crippen molar-refractivity contribution in [3.8, 4) is 0 Å². The van der Waals surface area contributed by atoms with Crippen molar-refractivity contribution in [1.82, 2.24) is 5.43 Å². The summed E-state index contributed by atoms with van der Waals surface area (Å²) in [5.41, 5.74) is 2.54. The predicted octanol–water partition coefficient (Wildman–Crippen LogP) is 1.48. The average molecular weight is 138 g/mol. The van der Waals surface area contributed by atoms with Gasteiger partial charge < -0.3 is 0 Å². The summed E-state index contributed by atoms with van der Waals surface area (Å²) >= 11 is 0. The fraction of sp³-hybridized carbons (Fsp3) is 0.500. The fourth-order valence-electron chi connectivity index (χ4n) is 0.564. The zero-order valence-electron chi connectivity index (χ0n) is 6.13. The molecule has 1 aliphatic heterocycles. The van der Waals surface area contributed by atoms with Crippen molar-refractivity contribution < 1.29 is 0 Å². The van der Waals surface area contributed by atoms with Crippen LogP contribution in [0.1, 0.15) is 13.8 Å². The molecule has 4 nitrogen and oxygen atoms in total. The summed E-state index contributed by atoms with van der Waals surface area (Å²) in [5, 5.41) is 7.39. The van der Waals surface area contributed by atoms with Crippen molar-refractivity contribution >= 4 is 5.84 Å².